The van der Waals surface area contributed by atoms with Crippen molar-refractivity contribution >= 4 is 46.0 Å². The number of nitrogens with one attached hydrogen (secondary N) is 1. The number of nitrogens with zero attached hydrogens (tertiary/aromatic N) is 6. The van der Waals surface area contributed by atoms with E-state index in [-0.39, 0.29) is 44.6 Å². The second-order valence-corrected chi connectivity index (χ2v) is 10.8. The average Bonchev–Trinajstić information content (AvgIpc) is 3.54. The predicted octanol–water partition coefficient (Wildman–Crippen LogP) is 3.54. The number of carboxylic acid groups (broad SMARTS) is 1. The monoisotopic (exact) mass is 630 g/mol. The molecule has 0 radical (unpaired) electrons. The number of amides is 1. The smallest absolute Gasteiger partial charge is 0.453 e. The standard InChI is InChI=1S/C24H20ClF5N8O5/c1-21(2,19(40)41)38-20(42)43-18(36-38)22(3)12-14(31)32-16(33-15(12)34-17(22)39)13-10-5-4-9(25)8-11(10)37(35-13)7-6-23(26,27)24(28,29)30/h4-5,8H,6-7H2,1-3H3,(H,40,41)(H3,31,32,33,34,39)/t22-/m0/s1. The van der Waals surface area contributed by atoms with Crippen molar-refractivity contribution in [1.29, 1.82) is 0 Å². The minimum Gasteiger partial charge on any atom is -0.479 e. The van der Waals surface area contributed by atoms with Crippen LogP contribution in [0.2, 0.25) is 5.02 Å². The van der Waals surface area contributed by atoms with Crippen LogP contribution in [0.3, 0.4) is 0 Å². The average molecular weight is 631 g/mol. The highest BCUT2D eigenvalue weighted by atomic mass is 35.5. The van der Waals surface area contributed by atoms with Gasteiger partial charge < -0.3 is 20.6 Å². The number of anilines is 2. The Balaban J connectivity index is 1.60. The molecule has 0 spiro atoms. The molecule has 0 fully saturated rings. The number of carbonyl (C=O) groups excluding carboxylic acids is 1. The minimum absolute atomic E-state index is 0.0700. The van der Waals surface area contributed by atoms with Gasteiger partial charge in [0.15, 0.2) is 16.8 Å². The lowest BCUT2D eigenvalue weighted by Crippen LogP contribution is -2.42. The van der Waals surface area contributed by atoms with Gasteiger partial charge in [-0.05, 0) is 39.0 Å². The number of benzene rings is 1. The number of aliphatic carboxylic acids is 1. The summed E-state index contributed by atoms with van der Waals surface area (Å²) in [6, 6.07) is 4.17. The van der Waals surface area contributed by atoms with Crippen LogP contribution in [0.1, 0.15) is 38.6 Å². The summed E-state index contributed by atoms with van der Waals surface area (Å²) in [5.41, 5.74) is 2.46. The number of aromatic nitrogens is 6. The lowest BCUT2D eigenvalue weighted by molar-refractivity contribution is -0.285. The van der Waals surface area contributed by atoms with Gasteiger partial charge in [0.25, 0.3) is 0 Å². The van der Waals surface area contributed by atoms with Crippen LogP contribution in [0.25, 0.3) is 22.4 Å². The second kappa shape index (κ2) is 9.45. The summed E-state index contributed by atoms with van der Waals surface area (Å²) in [5, 5.41) is 20.4. The van der Waals surface area contributed by atoms with Crippen molar-refractivity contribution in [2.45, 2.75) is 56.8 Å². The summed E-state index contributed by atoms with van der Waals surface area (Å²) >= 11 is 6.04. The Hall–Kier alpha value is -4.61. The topological polar surface area (TPSA) is 184 Å². The van der Waals surface area contributed by atoms with Gasteiger partial charge in [-0.2, -0.15) is 31.7 Å². The number of carboxylic acids is 1. The van der Waals surface area contributed by atoms with E-state index in [9.17, 15) is 41.4 Å². The van der Waals surface area contributed by atoms with Crippen molar-refractivity contribution in [2.75, 3.05) is 11.1 Å². The van der Waals surface area contributed by atoms with E-state index in [1.54, 1.807) is 0 Å². The number of hydrogen-bond donors (Lipinski definition) is 3. The molecular weight excluding hydrogens is 611 g/mol. The zero-order chi connectivity index (χ0) is 31.9. The van der Waals surface area contributed by atoms with Crippen LogP contribution < -0.4 is 16.8 Å². The maximum absolute atomic E-state index is 13.7. The van der Waals surface area contributed by atoms with Gasteiger partial charge in [0.2, 0.25) is 11.8 Å². The number of alkyl halides is 5. The maximum Gasteiger partial charge on any atom is 0.453 e. The van der Waals surface area contributed by atoms with E-state index < -0.39 is 59.5 Å². The molecule has 0 saturated heterocycles. The first-order valence-corrected chi connectivity index (χ1v) is 12.6. The first-order valence-electron chi connectivity index (χ1n) is 12.2. The van der Waals surface area contributed by atoms with Gasteiger partial charge in [-0.1, -0.05) is 11.6 Å². The van der Waals surface area contributed by atoms with E-state index >= 15 is 0 Å². The summed E-state index contributed by atoms with van der Waals surface area (Å²) in [7, 11) is 0. The first kappa shape index (κ1) is 29.9. The molecular formula is C24H20ClF5N8O5. The van der Waals surface area contributed by atoms with Crippen LogP contribution in [0.5, 0.6) is 0 Å². The van der Waals surface area contributed by atoms with Gasteiger partial charge >= 0.3 is 23.8 Å². The zero-order valence-electron chi connectivity index (χ0n) is 22.3. The van der Waals surface area contributed by atoms with Gasteiger partial charge in [0, 0.05) is 23.4 Å². The molecule has 228 valence electrons. The molecule has 0 bridgehead atoms. The largest absolute Gasteiger partial charge is 0.479 e. The number of halogens is 6. The molecule has 5 rings (SSSR count). The SMILES string of the molecule is CC(C)(C(=O)O)n1nc([C@]2(C)C(=O)Nc3nc(-c4nn(CCC(F)(F)C(F)(F)F)c5cc(Cl)ccc45)nc(N)c32)oc1=O. The highest BCUT2D eigenvalue weighted by Gasteiger charge is 2.57. The molecule has 4 heterocycles. The number of nitrogens with two attached hydrogens (primary N) is 1. The van der Waals surface area contributed by atoms with Gasteiger partial charge in [0.1, 0.15) is 17.3 Å². The number of hydrogen-bond acceptors (Lipinski definition) is 9. The van der Waals surface area contributed by atoms with E-state index in [0.29, 0.717) is 4.68 Å². The predicted molar refractivity (Wildman–Crippen MR) is 139 cm³/mol. The molecule has 1 aromatic carbocycles. The lowest BCUT2D eigenvalue weighted by atomic mass is 9.84. The molecule has 3 aromatic heterocycles. The molecule has 1 aliphatic heterocycles. The minimum atomic E-state index is -5.77. The van der Waals surface area contributed by atoms with E-state index in [0.717, 1.165) is 4.68 Å². The molecule has 43 heavy (non-hydrogen) atoms. The molecule has 4 N–H and O–H groups in total. The van der Waals surface area contributed by atoms with Crippen LogP contribution in [0, 0.1) is 0 Å². The fraction of sp³-hybridized carbons (Fsp3) is 0.375. The quantitative estimate of drug-likeness (QED) is 0.255. The zero-order valence-corrected chi connectivity index (χ0v) is 23.0. The van der Waals surface area contributed by atoms with Crippen molar-refractivity contribution in [3.05, 3.63) is 45.2 Å². The lowest BCUT2D eigenvalue weighted by Gasteiger charge is -2.19. The van der Waals surface area contributed by atoms with Crippen molar-refractivity contribution in [3.8, 4) is 11.5 Å². The fourth-order valence-electron chi connectivity index (χ4n) is 4.51. The van der Waals surface area contributed by atoms with Crippen LogP contribution in [0.15, 0.2) is 27.4 Å². The maximum atomic E-state index is 13.7. The molecule has 4 aromatic rings. The van der Waals surface area contributed by atoms with Crippen LogP contribution in [-0.4, -0.2) is 58.6 Å². The Morgan fingerprint density at radius 3 is 2.47 bits per heavy atom. The number of nitrogen functional groups attached to an aromatic ring is 1. The molecule has 0 unspecified atom stereocenters. The van der Waals surface area contributed by atoms with E-state index in [1.807, 2.05) is 0 Å². The van der Waals surface area contributed by atoms with Crippen LogP contribution in [0.4, 0.5) is 33.6 Å². The summed E-state index contributed by atoms with van der Waals surface area (Å²) in [6.07, 6.45) is -7.38. The van der Waals surface area contributed by atoms with Crippen LogP contribution in [-0.2, 0) is 27.1 Å². The Labute approximate surface area is 241 Å². The van der Waals surface area contributed by atoms with Gasteiger partial charge in [0.05, 0.1) is 11.1 Å². The molecule has 19 heteroatoms. The van der Waals surface area contributed by atoms with E-state index in [2.05, 4.69) is 25.5 Å². The third kappa shape index (κ3) is 4.56. The number of carbonyl (C=O) groups is 2. The second-order valence-electron chi connectivity index (χ2n) is 10.4. The molecule has 0 aliphatic carbocycles. The normalized spacial score (nSPS) is 17.4. The van der Waals surface area contributed by atoms with Gasteiger partial charge in [-0.25, -0.2) is 19.6 Å². The molecule has 1 amide bonds. The summed E-state index contributed by atoms with van der Waals surface area (Å²) < 4.78 is 72.3. The van der Waals surface area contributed by atoms with E-state index in [1.165, 1.54) is 39.0 Å². The molecule has 13 nitrogen and oxygen atoms in total. The van der Waals surface area contributed by atoms with E-state index in [4.69, 9.17) is 21.8 Å². The Morgan fingerprint density at radius 1 is 1.16 bits per heavy atom. The van der Waals surface area contributed by atoms with Gasteiger partial charge in [-0.3, -0.25) is 9.48 Å². The molecule has 0 saturated carbocycles. The fourth-order valence-corrected chi connectivity index (χ4v) is 4.68. The van der Waals surface area contributed by atoms with Crippen molar-refractivity contribution < 1.29 is 41.1 Å². The van der Waals surface area contributed by atoms with Crippen molar-refractivity contribution in [1.82, 2.24) is 29.5 Å². The Kier molecular flexibility index (Phi) is 6.56. The highest BCUT2D eigenvalue weighted by Crippen LogP contribution is 2.45. The number of rotatable bonds is 7. The molecule has 1 aliphatic rings. The van der Waals surface area contributed by atoms with Gasteiger partial charge in [-0.15, -0.1) is 5.10 Å². The Morgan fingerprint density at radius 2 is 1.84 bits per heavy atom. The summed E-state index contributed by atoms with van der Waals surface area (Å²) in [5.74, 6) is -9.57. The Bertz CT molecular complexity index is 1880. The molecule has 1 atom stereocenters. The third-order valence-electron chi connectivity index (χ3n) is 7.13. The van der Waals surface area contributed by atoms with Crippen LogP contribution >= 0.6 is 11.6 Å². The summed E-state index contributed by atoms with van der Waals surface area (Å²) in [6.45, 7) is 2.83. The summed E-state index contributed by atoms with van der Waals surface area (Å²) in [4.78, 5) is 45.9. The van der Waals surface area contributed by atoms with Crippen molar-refractivity contribution in [3.63, 3.8) is 0 Å². The first-order chi connectivity index (χ1) is 19.8. The number of aryl methyl sites for hydroxylation is 1. The third-order valence-corrected chi connectivity index (χ3v) is 7.36. The van der Waals surface area contributed by atoms with Crippen molar-refractivity contribution in [2.24, 2.45) is 0 Å². The number of fused-ring (bicyclic) bond motifs is 2. The highest BCUT2D eigenvalue weighted by molar-refractivity contribution is 6.31.